The van der Waals surface area contributed by atoms with E-state index in [0.717, 1.165) is 54.9 Å². The van der Waals surface area contributed by atoms with Crippen LogP contribution < -0.4 is 29.4 Å². The summed E-state index contributed by atoms with van der Waals surface area (Å²) in [5, 5.41) is 77.9. The van der Waals surface area contributed by atoms with E-state index in [1.807, 2.05) is 116 Å². The molecule has 14 nitrogen and oxygen atoms in total. The van der Waals surface area contributed by atoms with E-state index in [1.165, 1.54) is 24.3 Å². The molecule has 362 valence electrons. The monoisotopic (exact) mass is 977 g/mol. The van der Waals surface area contributed by atoms with E-state index >= 15 is 0 Å². The van der Waals surface area contributed by atoms with Gasteiger partial charge in [-0.1, -0.05) is 42.5 Å². The molecule has 14 heteroatoms. The molecule has 74 heavy (non-hydrogen) atoms. The number of hydrogen-bond donors (Lipinski definition) is 6. The molecular formula is C60H47N7O7+2. The third-order valence-corrected chi connectivity index (χ3v) is 13.7. The minimum absolute atomic E-state index is 0.104. The fourth-order valence-corrected chi connectivity index (χ4v) is 10.0. The van der Waals surface area contributed by atoms with E-state index in [9.17, 15) is 30.6 Å². The van der Waals surface area contributed by atoms with Crippen LogP contribution in [0.3, 0.4) is 0 Å². The number of ether oxygens (including phenoxy) is 1. The fourth-order valence-electron chi connectivity index (χ4n) is 10.0. The van der Waals surface area contributed by atoms with Gasteiger partial charge < -0.3 is 40.3 Å². The Bertz CT molecular complexity index is 4410. The number of phenolic OH excluding ortho intramolecular Hbond substituents is 6. The minimum Gasteiger partial charge on any atom is -0.508 e. The first kappa shape index (κ1) is 45.1. The van der Waals surface area contributed by atoms with Crippen molar-refractivity contribution in [3.8, 4) is 68.5 Å². The van der Waals surface area contributed by atoms with Gasteiger partial charge in [0.1, 0.15) is 33.6 Å². The van der Waals surface area contributed by atoms with E-state index in [-0.39, 0.29) is 40.2 Å². The second-order valence-electron chi connectivity index (χ2n) is 18.6. The molecule has 0 aliphatic rings. The number of aromatic hydroxyl groups is 6. The van der Waals surface area contributed by atoms with E-state index in [0.29, 0.717) is 55.6 Å². The zero-order valence-corrected chi connectivity index (χ0v) is 40.5. The highest BCUT2D eigenvalue weighted by Gasteiger charge is 2.26. The number of phenols is 6. The summed E-state index contributed by atoms with van der Waals surface area (Å²) in [5.74, 6) is -0.383. The van der Waals surface area contributed by atoms with Crippen molar-refractivity contribution in [3.63, 3.8) is 0 Å². The maximum atomic E-state index is 11.2. The maximum absolute atomic E-state index is 11.2. The molecule has 0 spiro atoms. The number of fused-ring (bicyclic) bond motifs is 7. The molecule has 0 aliphatic heterocycles. The normalized spacial score (nSPS) is 12.5. The topological polar surface area (TPSA) is 175 Å². The predicted octanol–water partition coefficient (Wildman–Crippen LogP) is 10.2. The van der Waals surface area contributed by atoms with Crippen LogP contribution in [0.25, 0.3) is 78.3 Å². The lowest BCUT2D eigenvalue weighted by Gasteiger charge is -2.11. The first-order valence-electron chi connectivity index (χ1n) is 23.7. The molecular weight excluding hydrogens is 931 g/mol. The molecule has 0 saturated heterocycles. The number of nitrogens with zero attached hydrogens (tertiary/aromatic N) is 7. The number of anilines is 1. The SMILES string of the molecule is CN(C)c1ccc(C=c2c3cc(O)ccc3n3c2cc(-c2ccc(N=Nc4cc(Oc5cc(C=c6c7c(O)c(O)ccc7n7c6cc(-c6ccc(O)c(O)c6)[n+]7C)ccc5O)cc5ccccc45)cc2)[n+]3C)cc1. The summed E-state index contributed by atoms with van der Waals surface area (Å²) >= 11 is 0. The van der Waals surface area contributed by atoms with Crippen LogP contribution >= 0.6 is 0 Å². The van der Waals surface area contributed by atoms with Crippen LogP contribution in [0.15, 0.2) is 174 Å². The van der Waals surface area contributed by atoms with Crippen molar-refractivity contribution < 1.29 is 44.7 Å². The number of aryl methyl sites for hydroxylation is 2. The smallest absolute Gasteiger partial charge is 0.239 e. The Morgan fingerprint density at radius 1 is 0.514 bits per heavy atom. The Morgan fingerprint density at radius 2 is 1.16 bits per heavy atom. The first-order chi connectivity index (χ1) is 35.8. The van der Waals surface area contributed by atoms with Gasteiger partial charge in [-0.05, 0) is 132 Å². The summed E-state index contributed by atoms with van der Waals surface area (Å²) in [6, 6.07) is 49.9. The molecule has 12 aromatic rings. The van der Waals surface area contributed by atoms with E-state index in [1.54, 1.807) is 36.4 Å². The molecule has 0 atom stereocenters. The van der Waals surface area contributed by atoms with Crippen LogP contribution in [0.4, 0.5) is 17.1 Å². The molecule has 0 bridgehead atoms. The Morgan fingerprint density at radius 3 is 1.92 bits per heavy atom. The zero-order chi connectivity index (χ0) is 51.1. The van der Waals surface area contributed by atoms with Gasteiger partial charge in [-0.15, -0.1) is 23.5 Å². The van der Waals surface area contributed by atoms with Gasteiger partial charge in [-0.3, -0.25) is 0 Å². The number of azo groups is 1. The summed E-state index contributed by atoms with van der Waals surface area (Å²) in [6.07, 6.45) is 3.99. The summed E-state index contributed by atoms with van der Waals surface area (Å²) in [7, 11) is 7.91. The second kappa shape index (κ2) is 17.3. The molecule has 0 amide bonds. The van der Waals surface area contributed by atoms with Gasteiger partial charge in [0.2, 0.25) is 11.4 Å². The van der Waals surface area contributed by atoms with Crippen molar-refractivity contribution in [3.05, 3.63) is 185 Å². The molecule has 0 radical (unpaired) electrons. The number of hydrogen-bond acceptors (Lipinski definition) is 10. The van der Waals surface area contributed by atoms with Crippen LogP contribution in [0.5, 0.6) is 46.0 Å². The van der Waals surface area contributed by atoms with E-state index in [2.05, 4.69) is 55.6 Å². The van der Waals surface area contributed by atoms with Gasteiger partial charge in [0, 0.05) is 64.8 Å². The Kier molecular flexibility index (Phi) is 10.6. The predicted molar refractivity (Wildman–Crippen MR) is 286 cm³/mol. The quantitative estimate of drug-likeness (QED) is 0.0471. The van der Waals surface area contributed by atoms with Crippen molar-refractivity contribution in [2.45, 2.75) is 0 Å². The molecule has 12 rings (SSSR count). The van der Waals surface area contributed by atoms with Crippen LogP contribution in [0.1, 0.15) is 11.1 Å². The fraction of sp³-hybridized carbons (Fsp3) is 0.0667. The van der Waals surface area contributed by atoms with Crippen molar-refractivity contribution in [2.24, 2.45) is 24.3 Å². The zero-order valence-electron chi connectivity index (χ0n) is 40.5. The lowest BCUT2D eigenvalue weighted by atomic mass is 10.1. The van der Waals surface area contributed by atoms with Crippen LogP contribution in [-0.4, -0.2) is 53.8 Å². The number of benzene rings is 8. The third-order valence-electron chi connectivity index (χ3n) is 13.7. The molecule has 6 N–H and O–H groups in total. The minimum atomic E-state index is -0.289. The third kappa shape index (κ3) is 7.60. The largest absolute Gasteiger partial charge is 0.508 e. The molecule has 0 unspecified atom stereocenters. The van der Waals surface area contributed by atoms with Gasteiger partial charge in [-0.2, -0.15) is 5.11 Å². The molecule has 0 fully saturated rings. The van der Waals surface area contributed by atoms with Gasteiger partial charge in [0.15, 0.2) is 48.6 Å². The van der Waals surface area contributed by atoms with Gasteiger partial charge in [0.05, 0.1) is 22.3 Å². The van der Waals surface area contributed by atoms with E-state index in [4.69, 9.17) is 9.85 Å². The van der Waals surface area contributed by atoms with Crippen molar-refractivity contribution in [2.75, 3.05) is 19.0 Å². The first-order valence-corrected chi connectivity index (χ1v) is 23.7. The Hall–Kier alpha value is -10.1. The highest BCUT2D eigenvalue weighted by molar-refractivity contribution is 5.97. The highest BCUT2D eigenvalue weighted by Crippen LogP contribution is 2.39. The summed E-state index contributed by atoms with van der Waals surface area (Å²) in [4.78, 5) is 2.07. The second-order valence-corrected chi connectivity index (χ2v) is 18.6. The standard InChI is InChI=1S/C60H45N7O7/c1-63(2)40-17-9-34(10-18-40)25-44-45-30-41(68)19-20-48(45)66-52(44)32-50(64(66)3)36-12-15-39(16-13-36)61-62-47-31-42(28-37-7-5-6-8-43(37)47)74-58-27-35(11-22-55(58)70)26-46-53-33-51(38-14-23-54(69)57(72)29-38)65(4)67(53)49-21-24-56(71)60(73)59(46)49/h5-33,62H,1-4H3,(H3,68,69,70,71,72,73)/p+2. The summed E-state index contributed by atoms with van der Waals surface area (Å²) < 4.78 is 14.5. The molecule has 4 heterocycles. The Labute approximate surface area is 422 Å². The lowest BCUT2D eigenvalue weighted by molar-refractivity contribution is -0.725. The number of rotatable bonds is 9. The lowest BCUT2D eigenvalue weighted by Crippen LogP contribution is -2.36. The average Bonchev–Trinajstić information content (AvgIpc) is 4.11. The van der Waals surface area contributed by atoms with Crippen molar-refractivity contribution >= 4 is 72.8 Å². The van der Waals surface area contributed by atoms with E-state index < -0.39 is 0 Å². The van der Waals surface area contributed by atoms with Gasteiger partial charge >= 0.3 is 0 Å². The van der Waals surface area contributed by atoms with Crippen LogP contribution in [0.2, 0.25) is 0 Å². The van der Waals surface area contributed by atoms with Gasteiger partial charge in [-0.25, -0.2) is 0 Å². The van der Waals surface area contributed by atoms with Crippen molar-refractivity contribution in [1.82, 2.24) is 9.03 Å². The maximum Gasteiger partial charge on any atom is 0.239 e. The molecule has 8 aromatic carbocycles. The van der Waals surface area contributed by atoms with Crippen LogP contribution in [0, 0.1) is 0 Å². The summed E-state index contributed by atoms with van der Waals surface area (Å²) in [5.41, 5.74) is 10.6. The van der Waals surface area contributed by atoms with Crippen LogP contribution in [-0.2, 0) is 14.1 Å². The molecule has 0 aliphatic carbocycles. The average molecular weight is 978 g/mol. The molecule has 0 saturated carbocycles. The molecule has 4 aromatic heterocycles. The Balaban J connectivity index is 0.869. The van der Waals surface area contributed by atoms with Crippen molar-refractivity contribution in [1.29, 1.82) is 0 Å². The van der Waals surface area contributed by atoms with Gasteiger partial charge in [0.25, 0.3) is 0 Å². The number of aromatic nitrogens is 4. The summed E-state index contributed by atoms with van der Waals surface area (Å²) in [6.45, 7) is 0. The highest BCUT2D eigenvalue weighted by atomic mass is 16.5.